The summed E-state index contributed by atoms with van der Waals surface area (Å²) in [5.41, 5.74) is 0.986. The number of hydrogen-bond acceptors (Lipinski definition) is 6. The summed E-state index contributed by atoms with van der Waals surface area (Å²) in [4.78, 5) is 7.45. The predicted molar refractivity (Wildman–Crippen MR) is 73.5 cm³/mol. The number of anilines is 2. The minimum absolute atomic E-state index is 0.681. The first-order valence-corrected chi connectivity index (χ1v) is 6.35. The molecule has 0 aliphatic heterocycles. The van der Waals surface area contributed by atoms with Crippen LogP contribution in [-0.4, -0.2) is 36.0 Å². The quantitative estimate of drug-likeness (QED) is 0.891. The lowest BCUT2D eigenvalue weighted by atomic mass is 10.4. The Hall–Kier alpha value is -1.76. The van der Waals surface area contributed by atoms with Gasteiger partial charge in [0.25, 0.3) is 0 Å². The molecule has 2 aromatic rings. The zero-order chi connectivity index (χ0) is 13.1. The summed E-state index contributed by atoms with van der Waals surface area (Å²) in [7, 11) is 7.47. The van der Waals surface area contributed by atoms with Crippen molar-refractivity contribution in [1.82, 2.24) is 14.8 Å². The Kier molecular flexibility index (Phi) is 3.71. The Bertz CT molecular complexity index is 519. The Morgan fingerprint density at radius 2 is 2.28 bits per heavy atom. The van der Waals surface area contributed by atoms with Crippen molar-refractivity contribution in [1.29, 1.82) is 0 Å². The molecule has 0 radical (unpaired) electrons. The number of methoxy groups -OCH3 is 1. The van der Waals surface area contributed by atoms with Crippen LogP contribution in [0.1, 0.15) is 4.88 Å². The molecule has 0 atom stereocenters. The molecule has 0 bridgehead atoms. The van der Waals surface area contributed by atoms with Gasteiger partial charge in [0.2, 0.25) is 5.88 Å². The molecule has 0 aliphatic carbocycles. The van der Waals surface area contributed by atoms with Crippen LogP contribution in [0.25, 0.3) is 0 Å². The van der Waals surface area contributed by atoms with Crippen molar-refractivity contribution in [3.63, 3.8) is 0 Å². The van der Waals surface area contributed by atoms with E-state index < -0.39 is 0 Å². The van der Waals surface area contributed by atoms with Gasteiger partial charge in [-0.2, -0.15) is 10.1 Å². The van der Waals surface area contributed by atoms with Gasteiger partial charge in [-0.05, 0) is 0 Å². The van der Waals surface area contributed by atoms with E-state index in [0.717, 1.165) is 15.7 Å². The summed E-state index contributed by atoms with van der Waals surface area (Å²) < 4.78 is 7.04. The number of aromatic nitrogens is 3. The molecule has 0 fully saturated rings. The lowest BCUT2D eigenvalue weighted by Gasteiger charge is -2.05. The van der Waals surface area contributed by atoms with E-state index in [-0.39, 0.29) is 0 Å². The van der Waals surface area contributed by atoms with Crippen LogP contribution >= 0.6 is 11.3 Å². The van der Waals surface area contributed by atoms with Crippen molar-refractivity contribution in [3.05, 3.63) is 17.3 Å². The standard InChI is InChI=1S/C11H17N5OS/c1-15(2)11-14-10(17-4)9(18-11)6-12-8-5-13-16(3)7-8/h5,7,12H,6H2,1-4H3. The fourth-order valence-electron chi connectivity index (χ4n) is 1.48. The van der Waals surface area contributed by atoms with Crippen LogP contribution in [0.3, 0.4) is 0 Å². The average molecular weight is 267 g/mol. The van der Waals surface area contributed by atoms with E-state index in [4.69, 9.17) is 4.74 Å². The van der Waals surface area contributed by atoms with E-state index in [9.17, 15) is 0 Å². The Morgan fingerprint density at radius 1 is 1.50 bits per heavy atom. The molecular weight excluding hydrogens is 250 g/mol. The minimum atomic E-state index is 0.681. The van der Waals surface area contributed by atoms with Crippen LogP contribution in [0.15, 0.2) is 12.4 Å². The fraction of sp³-hybridized carbons (Fsp3) is 0.455. The maximum absolute atomic E-state index is 5.28. The summed E-state index contributed by atoms with van der Waals surface area (Å²) in [6.07, 6.45) is 3.72. The summed E-state index contributed by atoms with van der Waals surface area (Å²) in [6.45, 7) is 0.681. The van der Waals surface area contributed by atoms with E-state index in [1.807, 2.05) is 32.2 Å². The molecule has 98 valence electrons. The summed E-state index contributed by atoms with van der Waals surface area (Å²) in [5.74, 6) is 0.681. The van der Waals surface area contributed by atoms with Gasteiger partial charge in [-0.25, -0.2) is 0 Å². The van der Waals surface area contributed by atoms with Crippen molar-refractivity contribution in [3.8, 4) is 5.88 Å². The average Bonchev–Trinajstić information content (AvgIpc) is 2.92. The largest absolute Gasteiger partial charge is 0.480 e. The number of nitrogens with one attached hydrogen (secondary N) is 1. The van der Waals surface area contributed by atoms with Crippen molar-refractivity contribution in [2.75, 3.05) is 31.4 Å². The monoisotopic (exact) mass is 267 g/mol. The lowest BCUT2D eigenvalue weighted by molar-refractivity contribution is 0.397. The molecule has 0 aliphatic rings. The highest BCUT2D eigenvalue weighted by molar-refractivity contribution is 7.15. The molecule has 7 heteroatoms. The number of hydrogen-bond donors (Lipinski definition) is 1. The molecule has 2 heterocycles. The summed E-state index contributed by atoms with van der Waals surface area (Å²) >= 11 is 1.62. The Morgan fingerprint density at radius 3 is 2.83 bits per heavy atom. The molecule has 2 rings (SSSR count). The van der Waals surface area contributed by atoms with E-state index >= 15 is 0 Å². The molecule has 0 saturated heterocycles. The second-order valence-corrected chi connectivity index (χ2v) is 5.14. The number of nitrogens with zero attached hydrogens (tertiary/aromatic N) is 4. The van der Waals surface area contributed by atoms with Gasteiger partial charge in [0.15, 0.2) is 5.13 Å². The highest BCUT2D eigenvalue weighted by Gasteiger charge is 2.12. The smallest absolute Gasteiger partial charge is 0.231 e. The molecule has 0 amide bonds. The number of thiazole rings is 1. The second kappa shape index (κ2) is 5.26. The molecular formula is C11H17N5OS. The first kappa shape index (κ1) is 12.7. The fourth-order valence-corrected chi connectivity index (χ4v) is 2.38. The van der Waals surface area contributed by atoms with Crippen LogP contribution in [0.4, 0.5) is 10.8 Å². The highest BCUT2D eigenvalue weighted by atomic mass is 32.1. The van der Waals surface area contributed by atoms with E-state index in [1.165, 1.54) is 0 Å². The minimum Gasteiger partial charge on any atom is -0.480 e. The molecule has 6 nitrogen and oxygen atoms in total. The third-order valence-corrected chi connectivity index (χ3v) is 3.59. The van der Waals surface area contributed by atoms with Crippen molar-refractivity contribution >= 4 is 22.2 Å². The zero-order valence-corrected chi connectivity index (χ0v) is 11.8. The maximum Gasteiger partial charge on any atom is 0.231 e. The van der Waals surface area contributed by atoms with Gasteiger partial charge < -0.3 is 15.0 Å². The Labute approximate surface area is 110 Å². The van der Waals surface area contributed by atoms with Gasteiger partial charge in [-0.1, -0.05) is 11.3 Å². The van der Waals surface area contributed by atoms with Gasteiger partial charge in [0.1, 0.15) is 0 Å². The lowest BCUT2D eigenvalue weighted by Crippen LogP contribution is -2.07. The van der Waals surface area contributed by atoms with Crippen LogP contribution in [0.2, 0.25) is 0 Å². The van der Waals surface area contributed by atoms with E-state index in [2.05, 4.69) is 15.4 Å². The molecule has 0 aromatic carbocycles. The topological polar surface area (TPSA) is 55.2 Å². The Balaban J connectivity index is 2.08. The van der Waals surface area contributed by atoms with Crippen molar-refractivity contribution in [2.24, 2.45) is 7.05 Å². The molecule has 1 N–H and O–H groups in total. The second-order valence-electron chi connectivity index (χ2n) is 4.08. The van der Waals surface area contributed by atoms with Crippen LogP contribution in [0, 0.1) is 0 Å². The molecule has 0 saturated carbocycles. The van der Waals surface area contributed by atoms with Crippen LogP contribution < -0.4 is 15.0 Å². The summed E-state index contributed by atoms with van der Waals surface area (Å²) in [6, 6.07) is 0. The van der Waals surface area contributed by atoms with Crippen LogP contribution in [0.5, 0.6) is 5.88 Å². The highest BCUT2D eigenvalue weighted by Crippen LogP contribution is 2.30. The zero-order valence-electron chi connectivity index (χ0n) is 11.0. The molecule has 0 spiro atoms. The number of aryl methyl sites for hydroxylation is 1. The number of ether oxygens (including phenoxy) is 1. The first-order valence-electron chi connectivity index (χ1n) is 5.53. The third kappa shape index (κ3) is 2.73. The van der Waals surface area contributed by atoms with E-state index in [1.54, 1.807) is 29.3 Å². The van der Waals surface area contributed by atoms with Gasteiger partial charge in [-0.3, -0.25) is 4.68 Å². The molecule has 0 unspecified atom stereocenters. The normalized spacial score (nSPS) is 10.4. The van der Waals surface area contributed by atoms with Gasteiger partial charge in [0.05, 0.1) is 30.4 Å². The third-order valence-electron chi connectivity index (χ3n) is 2.38. The molecule has 18 heavy (non-hydrogen) atoms. The van der Waals surface area contributed by atoms with Crippen LogP contribution in [-0.2, 0) is 13.6 Å². The maximum atomic E-state index is 5.28. The predicted octanol–water partition coefficient (Wildman–Crippen LogP) is 1.56. The first-order chi connectivity index (χ1) is 8.60. The van der Waals surface area contributed by atoms with Crippen molar-refractivity contribution < 1.29 is 4.74 Å². The van der Waals surface area contributed by atoms with Crippen molar-refractivity contribution in [2.45, 2.75) is 6.54 Å². The van der Waals surface area contributed by atoms with Gasteiger partial charge >= 0.3 is 0 Å². The van der Waals surface area contributed by atoms with Gasteiger partial charge in [-0.15, -0.1) is 0 Å². The number of rotatable bonds is 5. The molecule has 2 aromatic heterocycles. The van der Waals surface area contributed by atoms with E-state index in [0.29, 0.717) is 12.4 Å². The van der Waals surface area contributed by atoms with Gasteiger partial charge in [0, 0.05) is 27.3 Å². The SMILES string of the molecule is COc1nc(N(C)C)sc1CNc1cnn(C)c1. The summed E-state index contributed by atoms with van der Waals surface area (Å²) in [5, 5.41) is 8.34.